The molecule has 2 aromatic heterocycles. The molecule has 0 saturated carbocycles. The maximum atomic E-state index is 12.5. The number of benzene rings is 1. The summed E-state index contributed by atoms with van der Waals surface area (Å²) in [4.78, 5) is 36.9. The minimum atomic E-state index is -3.42. The van der Waals surface area contributed by atoms with Gasteiger partial charge in [-0.15, -0.1) is 0 Å². The van der Waals surface area contributed by atoms with E-state index in [0.717, 1.165) is 6.26 Å². The number of nitrogens with one attached hydrogen (secondary N) is 1. The molecule has 0 atom stereocenters. The van der Waals surface area contributed by atoms with E-state index in [1.54, 1.807) is 6.07 Å². The van der Waals surface area contributed by atoms with Crippen molar-refractivity contribution in [1.29, 1.82) is 0 Å². The molecule has 0 amide bonds. The second-order valence-corrected chi connectivity index (χ2v) is 8.05. The van der Waals surface area contributed by atoms with E-state index >= 15 is 0 Å². The Balaban J connectivity index is 1.84. The number of sulfone groups is 1. The molecule has 0 radical (unpaired) electrons. The van der Waals surface area contributed by atoms with E-state index in [9.17, 15) is 18.0 Å². The number of nitrogens with zero attached hydrogens (tertiary/aromatic N) is 4. The van der Waals surface area contributed by atoms with E-state index in [2.05, 4.69) is 20.3 Å². The highest BCUT2D eigenvalue weighted by molar-refractivity contribution is 7.90. The van der Waals surface area contributed by atoms with Crippen molar-refractivity contribution < 1.29 is 13.2 Å². The first-order valence-electron chi connectivity index (χ1n) is 8.17. The molecule has 2 heterocycles. The van der Waals surface area contributed by atoms with E-state index in [0.29, 0.717) is 11.4 Å². The van der Waals surface area contributed by atoms with Crippen LogP contribution in [0.3, 0.4) is 0 Å². The highest BCUT2D eigenvalue weighted by Gasteiger charge is 2.13. The van der Waals surface area contributed by atoms with E-state index in [-0.39, 0.29) is 34.3 Å². The quantitative estimate of drug-likeness (QED) is 0.607. The van der Waals surface area contributed by atoms with Crippen LogP contribution in [0.15, 0.2) is 58.6 Å². The Labute approximate surface area is 161 Å². The summed E-state index contributed by atoms with van der Waals surface area (Å²) < 4.78 is 24.6. The van der Waals surface area contributed by atoms with Gasteiger partial charge >= 0.3 is 0 Å². The minimum absolute atomic E-state index is 0.0645. The molecule has 144 valence electrons. The Hall–Kier alpha value is -3.40. The molecule has 9 nitrogen and oxygen atoms in total. The lowest BCUT2D eigenvalue weighted by atomic mass is 10.1. The van der Waals surface area contributed by atoms with Gasteiger partial charge in [0.2, 0.25) is 5.95 Å². The first-order chi connectivity index (χ1) is 13.3. The first kappa shape index (κ1) is 19.4. The van der Waals surface area contributed by atoms with Gasteiger partial charge in [-0.25, -0.2) is 23.4 Å². The fraction of sp³-hybridized carbons (Fsp3) is 0.167. The van der Waals surface area contributed by atoms with Crippen LogP contribution in [-0.4, -0.2) is 46.5 Å². The Bertz CT molecular complexity index is 1190. The number of carbonyl (C=O) groups is 1. The van der Waals surface area contributed by atoms with Gasteiger partial charge in [0, 0.05) is 31.1 Å². The lowest BCUT2D eigenvalue weighted by Crippen LogP contribution is -2.24. The predicted octanol–water partition coefficient (Wildman–Crippen LogP) is 0.936. The van der Waals surface area contributed by atoms with E-state index in [4.69, 9.17) is 0 Å². The Morgan fingerprint density at radius 1 is 1.18 bits per heavy atom. The maximum Gasteiger partial charge on any atom is 0.255 e. The summed E-state index contributed by atoms with van der Waals surface area (Å²) in [6.07, 6.45) is 3.96. The smallest absolute Gasteiger partial charge is 0.255 e. The van der Waals surface area contributed by atoms with Crippen LogP contribution in [0.2, 0.25) is 0 Å². The Kier molecular flexibility index (Phi) is 5.32. The van der Waals surface area contributed by atoms with Crippen LogP contribution in [0.1, 0.15) is 10.4 Å². The van der Waals surface area contributed by atoms with Gasteiger partial charge < -0.3 is 5.32 Å². The second kappa shape index (κ2) is 7.69. The molecule has 1 N–H and O–H groups in total. The molecular weight excluding hydrogens is 382 g/mol. The molecule has 0 unspecified atom stereocenters. The number of aromatic nitrogens is 4. The van der Waals surface area contributed by atoms with Crippen molar-refractivity contribution in [2.75, 3.05) is 18.1 Å². The molecular formula is C18H17N5O4S. The van der Waals surface area contributed by atoms with Gasteiger partial charge in [0.25, 0.3) is 5.56 Å². The summed E-state index contributed by atoms with van der Waals surface area (Å²) in [7, 11) is -1.89. The number of Topliss-reactive ketones (excluding diaryl/α,β-unsaturated/α-hetero) is 1. The molecule has 0 saturated heterocycles. The van der Waals surface area contributed by atoms with Crippen molar-refractivity contribution in [3.05, 3.63) is 64.8 Å². The molecule has 10 heteroatoms. The van der Waals surface area contributed by atoms with Gasteiger partial charge in [-0.2, -0.15) is 0 Å². The Morgan fingerprint density at radius 2 is 1.96 bits per heavy atom. The van der Waals surface area contributed by atoms with Gasteiger partial charge in [0.05, 0.1) is 22.8 Å². The molecule has 0 aliphatic heterocycles. The molecule has 0 aliphatic rings. The number of ketones is 1. The summed E-state index contributed by atoms with van der Waals surface area (Å²) in [5.74, 6) is -0.152. The fourth-order valence-corrected chi connectivity index (χ4v) is 3.10. The standard InChI is InChI=1S/C18H17N5O4S/c1-23-17(25)9-15(14-6-7-19-11-21-14)22-18(23)20-10-16(24)12-4-3-5-13(8-12)28(2,26)27/h3-9,11H,10H2,1-2H3,(H,20,22). The predicted molar refractivity (Wildman–Crippen MR) is 103 cm³/mol. The van der Waals surface area contributed by atoms with Crippen LogP contribution in [0.25, 0.3) is 11.4 Å². The number of carbonyl (C=O) groups excluding carboxylic acids is 1. The zero-order valence-corrected chi connectivity index (χ0v) is 16.0. The molecule has 3 aromatic rings. The molecule has 0 bridgehead atoms. The van der Waals surface area contributed by atoms with Crippen LogP contribution in [0.4, 0.5) is 5.95 Å². The van der Waals surface area contributed by atoms with Gasteiger partial charge in [-0.3, -0.25) is 14.2 Å². The average Bonchev–Trinajstić information content (AvgIpc) is 2.69. The van der Waals surface area contributed by atoms with Gasteiger partial charge in [0.1, 0.15) is 6.33 Å². The summed E-state index contributed by atoms with van der Waals surface area (Å²) in [6, 6.07) is 8.74. The van der Waals surface area contributed by atoms with Gasteiger partial charge in [0.15, 0.2) is 15.6 Å². The van der Waals surface area contributed by atoms with E-state index in [1.165, 1.54) is 54.5 Å². The topological polar surface area (TPSA) is 124 Å². The molecule has 28 heavy (non-hydrogen) atoms. The summed E-state index contributed by atoms with van der Waals surface area (Å²) in [5, 5.41) is 2.83. The molecule has 0 aliphatic carbocycles. The fourth-order valence-electron chi connectivity index (χ4n) is 2.43. The van der Waals surface area contributed by atoms with Crippen molar-refractivity contribution in [1.82, 2.24) is 19.5 Å². The van der Waals surface area contributed by atoms with Crippen molar-refractivity contribution in [2.24, 2.45) is 7.05 Å². The monoisotopic (exact) mass is 399 g/mol. The van der Waals surface area contributed by atoms with Crippen LogP contribution < -0.4 is 10.9 Å². The number of rotatable bonds is 6. The second-order valence-electron chi connectivity index (χ2n) is 6.03. The van der Waals surface area contributed by atoms with E-state index < -0.39 is 9.84 Å². The largest absolute Gasteiger partial charge is 0.348 e. The highest BCUT2D eigenvalue weighted by atomic mass is 32.2. The third-order valence-electron chi connectivity index (χ3n) is 3.97. The zero-order chi connectivity index (χ0) is 20.3. The zero-order valence-electron chi connectivity index (χ0n) is 15.2. The average molecular weight is 399 g/mol. The lowest BCUT2D eigenvalue weighted by molar-refractivity contribution is 0.101. The van der Waals surface area contributed by atoms with E-state index in [1.807, 2.05) is 0 Å². The summed E-state index contributed by atoms with van der Waals surface area (Å²) in [5.41, 5.74) is 0.743. The molecule has 1 aromatic carbocycles. The van der Waals surface area contributed by atoms with Gasteiger partial charge in [-0.1, -0.05) is 12.1 Å². The summed E-state index contributed by atoms with van der Waals surface area (Å²) >= 11 is 0. The molecule has 3 rings (SSSR count). The van der Waals surface area contributed by atoms with Crippen LogP contribution >= 0.6 is 0 Å². The highest BCUT2D eigenvalue weighted by Crippen LogP contribution is 2.14. The third-order valence-corrected chi connectivity index (χ3v) is 5.08. The number of anilines is 1. The molecule has 0 spiro atoms. The van der Waals surface area contributed by atoms with Gasteiger partial charge in [-0.05, 0) is 18.2 Å². The van der Waals surface area contributed by atoms with Crippen LogP contribution in [0, 0.1) is 0 Å². The van der Waals surface area contributed by atoms with Crippen LogP contribution in [0.5, 0.6) is 0 Å². The lowest BCUT2D eigenvalue weighted by Gasteiger charge is -2.11. The van der Waals surface area contributed by atoms with Crippen molar-refractivity contribution in [3.8, 4) is 11.4 Å². The summed E-state index contributed by atoms with van der Waals surface area (Å²) in [6.45, 7) is -0.166. The van der Waals surface area contributed by atoms with Crippen molar-refractivity contribution in [3.63, 3.8) is 0 Å². The molecule has 0 fully saturated rings. The van der Waals surface area contributed by atoms with Crippen molar-refractivity contribution in [2.45, 2.75) is 4.90 Å². The van der Waals surface area contributed by atoms with Crippen molar-refractivity contribution >= 4 is 21.6 Å². The Morgan fingerprint density at radius 3 is 2.64 bits per heavy atom. The number of hydrogen-bond acceptors (Lipinski definition) is 8. The SMILES string of the molecule is Cn1c(NCC(=O)c2cccc(S(C)(=O)=O)c2)nc(-c2ccncn2)cc1=O. The maximum absolute atomic E-state index is 12.5. The minimum Gasteiger partial charge on any atom is -0.348 e. The number of hydrogen-bond donors (Lipinski definition) is 1. The normalized spacial score (nSPS) is 11.2. The van der Waals surface area contributed by atoms with Crippen LogP contribution in [-0.2, 0) is 16.9 Å². The first-order valence-corrected chi connectivity index (χ1v) is 10.1. The third kappa shape index (κ3) is 4.29.